The van der Waals surface area contributed by atoms with Crippen LogP contribution in [0.2, 0.25) is 0 Å². The Hall–Kier alpha value is -3.08. The number of thiophene rings is 1. The Morgan fingerprint density at radius 2 is 1.88 bits per heavy atom. The van der Waals surface area contributed by atoms with E-state index >= 15 is 0 Å². The molecule has 1 unspecified atom stereocenters. The van der Waals surface area contributed by atoms with Crippen LogP contribution in [-0.2, 0) is 22.5 Å². The van der Waals surface area contributed by atoms with Gasteiger partial charge in [0.2, 0.25) is 5.91 Å². The second-order valence-electron chi connectivity index (χ2n) is 9.69. The Balaban J connectivity index is 1.51. The number of carbonyl (C=O) groups excluding carboxylic acids is 2. The SMILES string of the molecule is COc1ccc(CCN(Cc2ccc(C)s2)C(=O)CN(CC2CCCO2)C(=O)Nc2ccccc2Br)cc1OC. The van der Waals surface area contributed by atoms with E-state index in [0.717, 1.165) is 27.8 Å². The molecule has 0 aliphatic carbocycles. The normalized spacial score (nSPS) is 14.6. The van der Waals surface area contributed by atoms with Gasteiger partial charge in [-0.15, -0.1) is 11.3 Å². The fraction of sp³-hybridized carbons (Fsp3) is 0.400. The van der Waals surface area contributed by atoms with Crippen molar-refractivity contribution in [2.45, 2.75) is 38.8 Å². The molecule has 0 radical (unpaired) electrons. The molecule has 0 bridgehead atoms. The highest BCUT2D eigenvalue weighted by atomic mass is 79.9. The molecule has 1 atom stereocenters. The monoisotopic (exact) mass is 629 g/mol. The highest BCUT2D eigenvalue weighted by molar-refractivity contribution is 9.10. The number of nitrogens with one attached hydrogen (secondary N) is 1. The third-order valence-corrected chi connectivity index (χ3v) is 8.47. The maximum Gasteiger partial charge on any atom is 0.322 e. The summed E-state index contributed by atoms with van der Waals surface area (Å²) in [6.07, 6.45) is 2.36. The Morgan fingerprint density at radius 1 is 1.07 bits per heavy atom. The van der Waals surface area contributed by atoms with Crippen molar-refractivity contribution in [3.8, 4) is 11.5 Å². The van der Waals surface area contributed by atoms with E-state index in [1.807, 2.05) is 47.4 Å². The van der Waals surface area contributed by atoms with Crippen molar-refractivity contribution in [3.63, 3.8) is 0 Å². The Labute approximate surface area is 248 Å². The van der Waals surface area contributed by atoms with Crippen molar-refractivity contribution in [3.05, 3.63) is 74.4 Å². The average molecular weight is 631 g/mol. The summed E-state index contributed by atoms with van der Waals surface area (Å²) < 4.78 is 17.4. The van der Waals surface area contributed by atoms with Gasteiger partial charge in [-0.05, 0) is 84.1 Å². The van der Waals surface area contributed by atoms with E-state index in [4.69, 9.17) is 14.2 Å². The highest BCUT2D eigenvalue weighted by Gasteiger charge is 2.27. The van der Waals surface area contributed by atoms with Crippen LogP contribution in [0.25, 0.3) is 0 Å². The Bertz CT molecular complexity index is 1290. The molecule has 0 saturated carbocycles. The summed E-state index contributed by atoms with van der Waals surface area (Å²) in [4.78, 5) is 32.9. The molecule has 2 aromatic carbocycles. The van der Waals surface area contributed by atoms with Crippen LogP contribution in [0.1, 0.15) is 28.2 Å². The third kappa shape index (κ3) is 8.22. The van der Waals surface area contributed by atoms with Gasteiger partial charge < -0.3 is 29.3 Å². The number of anilines is 1. The zero-order chi connectivity index (χ0) is 28.5. The van der Waals surface area contributed by atoms with Crippen LogP contribution in [0.3, 0.4) is 0 Å². The van der Waals surface area contributed by atoms with E-state index in [9.17, 15) is 9.59 Å². The van der Waals surface area contributed by atoms with Crippen molar-refractivity contribution in [1.29, 1.82) is 0 Å². The molecular weight excluding hydrogens is 594 g/mol. The molecule has 1 aliphatic rings. The molecular formula is C30H36BrN3O5S. The number of para-hydroxylation sites is 1. The van der Waals surface area contributed by atoms with Gasteiger partial charge in [0.25, 0.3) is 0 Å². The molecule has 3 amide bonds. The van der Waals surface area contributed by atoms with Crippen LogP contribution in [-0.4, -0.2) is 68.3 Å². The van der Waals surface area contributed by atoms with Crippen LogP contribution in [0.4, 0.5) is 10.5 Å². The second kappa shape index (κ2) is 14.5. The number of amides is 3. The third-order valence-electron chi connectivity index (χ3n) is 6.79. The Morgan fingerprint density at radius 3 is 2.55 bits per heavy atom. The van der Waals surface area contributed by atoms with Crippen LogP contribution in [0.15, 0.2) is 59.1 Å². The van der Waals surface area contributed by atoms with E-state index < -0.39 is 0 Å². The zero-order valence-electron chi connectivity index (χ0n) is 23.2. The number of nitrogens with zero attached hydrogens (tertiary/aromatic N) is 2. The van der Waals surface area contributed by atoms with Crippen molar-refractivity contribution in [1.82, 2.24) is 9.80 Å². The number of hydrogen-bond donors (Lipinski definition) is 1. The number of rotatable bonds is 12. The lowest BCUT2D eigenvalue weighted by molar-refractivity contribution is -0.132. The summed E-state index contributed by atoms with van der Waals surface area (Å²) in [7, 11) is 3.22. The summed E-state index contributed by atoms with van der Waals surface area (Å²) in [6.45, 7) is 4.00. The van der Waals surface area contributed by atoms with Crippen molar-refractivity contribution in [2.75, 3.05) is 45.8 Å². The fourth-order valence-corrected chi connectivity index (χ4v) is 5.91. The summed E-state index contributed by atoms with van der Waals surface area (Å²) in [5, 5.41) is 2.95. The Kier molecular flexibility index (Phi) is 10.9. The van der Waals surface area contributed by atoms with Crippen LogP contribution < -0.4 is 14.8 Å². The largest absolute Gasteiger partial charge is 0.493 e. The van der Waals surface area contributed by atoms with E-state index in [-0.39, 0.29) is 24.6 Å². The first-order valence-corrected chi connectivity index (χ1v) is 14.9. The first-order chi connectivity index (χ1) is 19.4. The smallest absolute Gasteiger partial charge is 0.322 e. The molecule has 4 rings (SSSR count). The summed E-state index contributed by atoms with van der Waals surface area (Å²) >= 11 is 5.16. The van der Waals surface area contributed by atoms with Crippen LogP contribution in [0, 0.1) is 6.92 Å². The van der Waals surface area contributed by atoms with Gasteiger partial charge in [-0.25, -0.2) is 4.79 Å². The predicted octanol–water partition coefficient (Wildman–Crippen LogP) is 6.12. The highest BCUT2D eigenvalue weighted by Crippen LogP contribution is 2.28. The molecule has 1 aromatic heterocycles. The quantitative estimate of drug-likeness (QED) is 0.261. The summed E-state index contributed by atoms with van der Waals surface area (Å²) in [6, 6.07) is 17.0. The molecule has 1 fully saturated rings. The lowest BCUT2D eigenvalue weighted by atomic mass is 10.1. The molecule has 40 heavy (non-hydrogen) atoms. The number of aryl methyl sites for hydroxylation is 1. The first kappa shape index (κ1) is 29.9. The topological polar surface area (TPSA) is 80.3 Å². The summed E-state index contributed by atoms with van der Waals surface area (Å²) in [5.74, 6) is 1.19. The molecule has 3 aromatic rings. The number of urea groups is 1. The minimum absolute atomic E-state index is 0.0492. The van der Waals surface area contributed by atoms with Crippen molar-refractivity contribution < 1.29 is 23.8 Å². The maximum absolute atomic E-state index is 13.8. The van der Waals surface area contributed by atoms with Gasteiger partial charge >= 0.3 is 6.03 Å². The van der Waals surface area contributed by atoms with Gasteiger partial charge in [-0.1, -0.05) is 18.2 Å². The standard InChI is InChI=1S/C30H36BrN3O5S/c1-21-10-12-24(40-21)19-33(15-14-22-11-13-27(37-2)28(17-22)38-3)29(35)20-34(18-23-7-6-16-39-23)30(36)32-26-9-5-4-8-25(26)31/h4-5,8-13,17,23H,6-7,14-16,18-20H2,1-3H3,(H,32,36). The molecule has 214 valence electrons. The van der Waals surface area contributed by atoms with Crippen molar-refractivity contribution in [2.24, 2.45) is 0 Å². The average Bonchev–Trinajstić information content (AvgIpc) is 3.63. The molecule has 10 heteroatoms. The van der Waals surface area contributed by atoms with E-state index in [0.29, 0.717) is 49.8 Å². The number of methoxy groups -OCH3 is 2. The minimum Gasteiger partial charge on any atom is -0.493 e. The molecule has 2 heterocycles. The summed E-state index contributed by atoms with van der Waals surface area (Å²) in [5.41, 5.74) is 1.68. The lowest BCUT2D eigenvalue weighted by Gasteiger charge is -2.29. The van der Waals surface area contributed by atoms with Gasteiger partial charge in [-0.3, -0.25) is 4.79 Å². The maximum atomic E-state index is 13.8. The van der Waals surface area contributed by atoms with Crippen LogP contribution in [0.5, 0.6) is 11.5 Å². The van der Waals surface area contributed by atoms with Gasteiger partial charge in [0, 0.05) is 33.9 Å². The first-order valence-electron chi connectivity index (χ1n) is 13.3. The van der Waals surface area contributed by atoms with Crippen molar-refractivity contribution >= 4 is 44.9 Å². The van der Waals surface area contributed by atoms with E-state index in [1.165, 1.54) is 4.88 Å². The van der Waals surface area contributed by atoms with Gasteiger partial charge in [-0.2, -0.15) is 0 Å². The number of hydrogen-bond acceptors (Lipinski definition) is 6. The minimum atomic E-state index is -0.331. The molecule has 0 spiro atoms. The molecule has 1 saturated heterocycles. The van der Waals surface area contributed by atoms with Crippen LogP contribution >= 0.6 is 27.3 Å². The second-order valence-corrected chi connectivity index (χ2v) is 11.9. The zero-order valence-corrected chi connectivity index (χ0v) is 25.6. The number of ether oxygens (including phenoxy) is 3. The fourth-order valence-electron chi connectivity index (χ4n) is 4.62. The number of benzene rings is 2. The molecule has 8 nitrogen and oxygen atoms in total. The molecule has 1 aliphatic heterocycles. The number of halogens is 1. The molecule has 1 N–H and O–H groups in total. The lowest BCUT2D eigenvalue weighted by Crippen LogP contribution is -2.47. The van der Waals surface area contributed by atoms with Gasteiger partial charge in [0.05, 0.1) is 32.6 Å². The van der Waals surface area contributed by atoms with Gasteiger partial charge in [0.15, 0.2) is 11.5 Å². The van der Waals surface area contributed by atoms with E-state index in [2.05, 4.69) is 40.3 Å². The van der Waals surface area contributed by atoms with Gasteiger partial charge in [0.1, 0.15) is 6.54 Å². The predicted molar refractivity (Wildman–Crippen MR) is 161 cm³/mol. The number of carbonyl (C=O) groups is 2. The van der Waals surface area contributed by atoms with E-state index in [1.54, 1.807) is 30.5 Å².